The number of methoxy groups -OCH3 is 1. The lowest BCUT2D eigenvalue weighted by atomic mass is 10.2. The molecule has 0 aliphatic rings. The SMILES string of the molecule is C=CCn1c(S[C@@H](C)C(=O)N/N=C\c2cccc(OC)c2)nnc1-c1cccc(Br)c1. The summed E-state index contributed by atoms with van der Waals surface area (Å²) in [5.41, 5.74) is 4.32. The summed E-state index contributed by atoms with van der Waals surface area (Å²) in [7, 11) is 1.60. The number of aromatic nitrogens is 3. The van der Waals surface area contributed by atoms with E-state index >= 15 is 0 Å². The summed E-state index contributed by atoms with van der Waals surface area (Å²) in [5.74, 6) is 1.20. The number of thioether (sulfide) groups is 1. The van der Waals surface area contributed by atoms with E-state index in [4.69, 9.17) is 4.74 Å². The normalized spacial score (nSPS) is 12.0. The summed E-state index contributed by atoms with van der Waals surface area (Å²) < 4.78 is 8.07. The van der Waals surface area contributed by atoms with E-state index in [-0.39, 0.29) is 5.91 Å². The van der Waals surface area contributed by atoms with Crippen LogP contribution < -0.4 is 10.2 Å². The van der Waals surface area contributed by atoms with Crippen molar-refractivity contribution < 1.29 is 9.53 Å². The van der Waals surface area contributed by atoms with Crippen molar-refractivity contribution in [2.45, 2.75) is 23.9 Å². The van der Waals surface area contributed by atoms with Crippen molar-refractivity contribution in [1.82, 2.24) is 20.2 Å². The van der Waals surface area contributed by atoms with Crippen LogP contribution >= 0.6 is 27.7 Å². The lowest BCUT2D eigenvalue weighted by Crippen LogP contribution is -2.27. The average molecular weight is 500 g/mol. The fourth-order valence-electron chi connectivity index (χ4n) is 2.71. The molecule has 160 valence electrons. The molecule has 1 aromatic heterocycles. The predicted molar refractivity (Wildman–Crippen MR) is 127 cm³/mol. The van der Waals surface area contributed by atoms with Gasteiger partial charge < -0.3 is 4.74 Å². The number of rotatable bonds is 9. The molecule has 0 saturated carbocycles. The van der Waals surface area contributed by atoms with Crippen LogP contribution in [0.15, 0.2) is 75.9 Å². The van der Waals surface area contributed by atoms with Gasteiger partial charge in [0.25, 0.3) is 5.91 Å². The highest BCUT2D eigenvalue weighted by Crippen LogP contribution is 2.28. The minimum absolute atomic E-state index is 0.235. The van der Waals surface area contributed by atoms with Crippen LogP contribution in [0.5, 0.6) is 5.75 Å². The minimum atomic E-state index is -0.425. The monoisotopic (exact) mass is 499 g/mol. The first-order valence-electron chi connectivity index (χ1n) is 9.45. The molecule has 0 unspecified atom stereocenters. The first-order chi connectivity index (χ1) is 15.0. The van der Waals surface area contributed by atoms with Gasteiger partial charge in [-0.05, 0) is 36.8 Å². The van der Waals surface area contributed by atoms with Crippen molar-refractivity contribution in [3.05, 3.63) is 71.2 Å². The van der Waals surface area contributed by atoms with E-state index in [0.29, 0.717) is 17.5 Å². The van der Waals surface area contributed by atoms with Crippen LogP contribution in [0.3, 0.4) is 0 Å². The lowest BCUT2D eigenvalue weighted by Gasteiger charge is -2.11. The molecular formula is C22H22BrN5O2S. The number of hydrogen-bond acceptors (Lipinski definition) is 6. The predicted octanol–water partition coefficient (Wildman–Crippen LogP) is 4.53. The van der Waals surface area contributed by atoms with E-state index in [0.717, 1.165) is 21.3 Å². The molecule has 3 aromatic rings. The third-order valence-corrected chi connectivity index (χ3v) is 5.82. The molecule has 9 heteroatoms. The maximum absolute atomic E-state index is 12.5. The average Bonchev–Trinajstić information content (AvgIpc) is 3.16. The molecule has 0 aliphatic heterocycles. The maximum Gasteiger partial charge on any atom is 0.253 e. The zero-order valence-electron chi connectivity index (χ0n) is 17.2. The molecule has 0 bridgehead atoms. The molecule has 0 fully saturated rings. The molecule has 0 aliphatic carbocycles. The fourth-order valence-corrected chi connectivity index (χ4v) is 3.96. The molecule has 1 atom stereocenters. The van der Waals surface area contributed by atoms with E-state index in [9.17, 15) is 4.79 Å². The Labute approximate surface area is 193 Å². The molecule has 0 radical (unpaired) electrons. The highest BCUT2D eigenvalue weighted by molar-refractivity contribution is 9.10. The Hall–Kier alpha value is -2.91. The quantitative estimate of drug-likeness (QED) is 0.202. The van der Waals surface area contributed by atoms with Crippen LogP contribution in [0.1, 0.15) is 12.5 Å². The fraction of sp³-hybridized carbons (Fsp3) is 0.182. The molecule has 2 aromatic carbocycles. The summed E-state index contributed by atoms with van der Waals surface area (Å²) >= 11 is 4.80. The van der Waals surface area contributed by atoms with Crippen LogP contribution in [0.25, 0.3) is 11.4 Å². The van der Waals surface area contributed by atoms with Gasteiger partial charge in [-0.2, -0.15) is 5.10 Å². The van der Waals surface area contributed by atoms with Gasteiger partial charge in [0.2, 0.25) is 0 Å². The smallest absolute Gasteiger partial charge is 0.253 e. The Kier molecular flexibility index (Phi) is 8.02. The van der Waals surface area contributed by atoms with Crippen LogP contribution in [-0.2, 0) is 11.3 Å². The van der Waals surface area contributed by atoms with Gasteiger partial charge in [0.1, 0.15) is 5.75 Å². The van der Waals surface area contributed by atoms with E-state index in [1.807, 2.05) is 53.1 Å². The van der Waals surface area contributed by atoms with Crippen molar-refractivity contribution in [3.8, 4) is 17.1 Å². The molecule has 31 heavy (non-hydrogen) atoms. The molecule has 0 saturated heterocycles. The van der Waals surface area contributed by atoms with Crippen LogP contribution in [-0.4, -0.2) is 39.2 Å². The van der Waals surface area contributed by atoms with Gasteiger partial charge in [0, 0.05) is 16.6 Å². The summed E-state index contributed by atoms with van der Waals surface area (Å²) in [6, 6.07) is 15.2. The number of allylic oxidation sites excluding steroid dienone is 1. The summed E-state index contributed by atoms with van der Waals surface area (Å²) in [6.45, 7) is 6.15. The van der Waals surface area contributed by atoms with Gasteiger partial charge >= 0.3 is 0 Å². The first kappa shape index (κ1) is 22.8. The van der Waals surface area contributed by atoms with Gasteiger partial charge in [0.15, 0.2) is 11.0 Å². The number of amides is 1. The molecule has 0 spiro atoms. The van der Waals surface area contributed by atoms with Gasteiger partial charge in [0.05, 0.1) is 18.6 Å². The number of nitrogens with one attached hydrogen (secondary N) is 1. The number of nitrogens with zero attached hydrogens (tertiary/aromatic N) is 4. The Bertz CT molecular complexity index is 1100. The first-order valence-corrected chi connectivity index (χ1v) is 11.1. The number of benzene rings is 2. The van der Waals surface area contributed by atoms with Gasteiger partial charge in [-0.15, -0.1) is 16.8 Å². The molecule has 1 amide bonds. The number of halogens is 1. The van der Waals surface area contributed by atoms with E-state index in [1.54, 1.807) is 26.3 Å². The molecule has 1 heterocycles. The Morgan fingerprint density at radius 3 is 2.87 bits per heavy atom. The van der Waals surface area contributed by atoms with Crippen LogP contribution in [0.2, 0.25) is 0 Å². The van der Waals surface area contributed by atoms with Crippen LogP contribution in [0.4, 0.5) is 0 Å². The summed E-state index contributed by atoms with van der Waals surface area (Å²) in [4.78, 5) is 12.5. The number of ether oxygens (including phenoxy) is 1. The van der Waals surface area contributed by atoms with E-state index in [1.165, 1.54) is 11.8 Å². The second kappa shape index (κ2) is 10.9. The van der Waals surface area contributed by atoms with Crippen molar-refractivity contribution in [1.29, 1.82) is 0 Å². The zero-order chi connectivity index (χ0) is 22.2. The topological polar surface area (TPSA) is 81.4 Å². The number of hydrogen-bond donors (Lipinski definition) is 1. The number of hydrazone groups is 1. The number of carbonyl (C=O) groups excluding carboxylic acids is 1. The van der Waals surface area contributed by atoms with Crippen molar-refractivity contribution >= 4 is 39.8 Å². The Morgan fingerprint density at radius 1 is 1.32 bits per heavy atom. The Morgan fingerprint density at radius 2 is 2.13 bits per heavy atom. The lowest BCUT2D eigenvalue weighted by molar-refractivity contribution is -0.120. The van der Waals surface area contributed by atoms with Crippen molar-refractivity contribution in [2.24, 2.45) is 5.10 Å². The standard InChI is InChI=1S/C22H22BrN5O2S/c1-4-11-28-20(17-8-6-9-18(23)13-17)25-27-22(28)31-15(2)21(29)26-24-14-16-7-5-10-19(12-16)30-3/h4-10,12-15H,1,11H2,2-3H3,(H,26,29)/b24-14-/t15-/m0/s1. The van der Waals surface area contributed by atoms with Crippen molar-refractivity contribution in [2.75, 3.05) is 7.11 Å². The van der Waals surface area contributed by atoms with Crippen molar-refractivity contribution in [3.63, 3.8) is 0 Å². The van der Waals surface area contributed by atoms with Gasteiger partial charge in [-0.25, -0.2) is 5.43 Å². The summed E-state index contributed by atoms with van der Waals surface area (Å²) in [6.07, 6.45) is 3.35. The molecule has 1 N–H and O–H groups in total. The summed E-state index contributed by atoms with van der Waals surface area (Å²) in [5, 5.41) is 12.9. The molecular weight excluding hydrogens is 478 g/mol. The molecule has 7 nitrogen and oxygen atoms in total. The second-order valence-corrected chi connectivity index (χ2v) is 8.71. The van der Waals surface area contributed by atoms with E-state index < -0.39 is 5.25 Å². The largest absolute Gasteiger partial charge is 0.497 e. The third-order valence-electron chi connectivity index (χ3n) is 4.24. The number of carbonyl (C=O) groups is 1. The second-order valence-electron chi connectivity index (χ2n) is 6.49. The van der Waals surface area contributed by atoms with Crippen LogP contribution in [0, 0.1) is 0 Å². The highest BCUT2D eigenvalue weighted by atomic mass is 79.9. The van der Waals surface area contributed by atoms with Gasteiger partial charge in [-0.3, -0.25) is 9.36 Å². The maximum atomic E-state index is 12.5. The van der Waals surface area contributed by atoms with Gasteiger partial charge in [-0.1, -0.05) is 58.0 Å². The highest BCUT2D eigenvalue weighted by Gasteiger charge is 2.20. The minimum Gasteiger partial charge on any atom is -0.497 e. The zero-order valence-corrected chi connectivity index (χ0v) is 19.6. The molecule has 3 rings (SSSR count). The van der Waals surface area contributed by atoms with E-state index in [2.05, 4.69) is 43.2 Å². The Balaban J connectivity index is 1.69. The third kappa shape index (κ3) is 6.05.